The summed E-state index contributed by atoms with van der Waals surface area (Å²) in [5.74, 6) is -0.861. The Labute approximate surface area is 175 Å². The zero-order valence-corrected chi connectivity index (χ0v) is 16.9. The molecule has 0 saturated carbocycles. The van der Waals surface area contributed by atoms with Crippen LogP contribution in [0.4, 0.5) is 16.2 Å². The molecule has 3 rings (SSSR count). The average molecular weight is 427 g/mol. The van der Waals surface area contributed by atoms with Crippen molar-refractivity contribution >= 4 is 46.3 Å². The normalized spacial score (nSPS) is 14.9. The van der Waals surface area contributed by atoms with Crippen molar-refractivity contribution in [2.75, 3.05) is 19.0 Å². The number of hydrogen-bond donors (Lipinski definition) is 1. The highest BCUT2D eigenvalue weighted by Gasteiger charge is 2.36. The number of hydrogen-bond acceptors (Lipinski definition) is 7. The van der Waals surface area contributed by atoms with Crippen LogP contribution in [0, 0.1) is 17.0 Å². The summed E-state index contributed by atoms with van der Waals surface area (Å²) in [5, 5.41) is 13.1. The second kappa shape index (κ2) is 8.78. The number of anilines is 1. The molecule has 0 bridgehead atoms. The molecule has 154 valence electrons. The fourth-order valence-corrected chi connectivity index (χ4v) is 3.62. The van der Waals surface area contributed by atoms with Gasteiger partial charge in [-0.15, -0.1) is 0 Å². The topological polar surface area (TPSA) is 119 Å². The lowest BCUT2D eigenvalue weighted by atomic mass is 10.1. The van der Waals surface area contributed by atoms with Crippen LogP contribution in [0.5, 0.6) is 5.75 Å². The van der Waals surface area contributed by atoms with Gasteiger partial charge in [0.2, 0.25) is 5.91 Å². The van der Waals surface area contributed by atoms with Crippen LogP contribution in [-0.2, 0) is 9.59 Å². The van der Waals surface area contributed by atoms with E-state index in [4.69, 9.17) is 4.74 Å². The fraction of sp³-hybridized carbons (Fsp3) is 0.150. The third-order valence-corrected chi connectivity index (χ3v) is 5.10. The second-order valence-corrected chi connectivity index (χ2v) is 7.36. The zero-order valence-electron chi connectivity index (χ0n) is 16.1. The standard InChI is InChI=1S/C20H17N3O6S/c1-12-4-3-5-14(8-12)21-18(24)11-22-19(25)17(30-20(22)26)10-13-9-15(23(27)28)6-7-16(13)29-2/h3-10H,11H2,1-2H3,(H,21,24)/b17-10-. The number of imide groups is 1. The summed E-state index contributed by atoms with van der Waals surface area (Å²) >= 11 is 0.654. The number of carbonyl (C=O) groups is 3. The Bertz CT molecular complexity index is 1080. The predicted molar refractivity (Wildman–Crippen MR) is 112 cm³/mol. The van der Waals surface area contributed by atoms with Crippen molar-refractivity contribution in [2.45, 2.75) is 6.92 Å². The monoisotopic (exact) mass is 427 g/mol. The van der Waals surface area contributed by atoms with E-state index in [9.17, 15) is 24.5 Å². The Hall–Kier alpha value is -3.66. The smallest absolute Gasteiger partial charge is 0.294 e. The summed E-state index contributed by atoms with van der Waals surface area (Å²) in [5.41, 5.74) is 1.61. The van der Waals surface area contributed by atoms with Gasteiger partial charge in [-0.3, -0.25) is 29.4 Å². The molecule has 2 aromatic carbocycles. The first-order chi connectivity index (χ1) is 14.3. The second-order valence-electron chi connectivity index (χ2n) is 6.37. The van der Waals surface area contributed by atoms with E-state index in [0.29, 0.717) is 23.2 Å². The molecule has 0 spiro atoms. The van der Waals surface area contributed by atoms with Crippen molar-refractivity contribution < 1.29 is 24.0 Å². The number of rotatable bonds is 6. The number of thioether (sulfide) groups is 1. The quantitative estimate of drug-likeness (QED) is 0.425. The van der Waals surface area contributed by atoms with E-state index in [1.54, 1.807) is 18.2 Å². The maximum atomic E-state index is 12.6. The molecule has 2 aromatic rings. The van der Waals surface area contributed by atoms with Crippen molar-refractivity contribution in [1.82, 2.24) is 4.90 Å². The summed E-state index contributed by atoms with van der Waals surface area (Å²) < 4.78 is 5.17. The van der Waals surface area contributed by atoms with Crippen LogP contribution in [0.15, 0.2) is 47.4 Å². The number of methoxy groups -OCH3 is 1. The number of aryl methyl sites for hydroxylation is 1. The van der Waals surface area contributed by atoms with Gasteiger partial charge in [-0.05, 0) is 48.5 Å². The molecule has 1 saturated heterocycles. The number of carbonyl (C=O) groups excluding carboxylic acids is 3. The highest BCUT2D eigenvalue weighted by atomic mass is 32.2. The molecule has 0 unspecified atom stereocenters. The molecule has 30 heavy (non-hydrogen) atoms. The maximum absolute atomic E-state index is 12.6. The lowest BCUT2D eigenvalue weighted by Gasteiger charge is -2.12. The van der Waals surface area contributed by atoms with Crippen LogP contribution in [0.3, 0.4) is 0 Å². The molecule has 1 aliphatic heterocycles. The highest BCUT2D eigenvalue weighted by molar-refractivity contribution is 8.18. The molecule has 1 fully saturated rings. The van der Waals surface area contributed by atoms with Gasteiger partial charge in [0.05, 0.1) is 16.9 Å². The zero-order chi connectivity index (χ0) is 21.8. The lowest BCUT2D eigenvalue weighted by molar-refractivity contribution is -0.384. The number of nitrogens with one attached hydrogen (secondary N) is 1. The average Bonchev–Trinajstić information content (AvgIpc) is 2.95. The minimum atomic E-state index is -0.655. The molecule has 0 aromatic heterocycles. The van der Waals surface area contributed by atoms with Gasteiger partial charge < -0.3 is 10.1 Å². The van der Waals surface area contributed by atoms with Crippen LogP contribution in [0.1, 0.15) is 11.1 Å². The molecule has 1 aliphatic rings. The Balaban J connectivity index is 1.78. The van der Waals surface area contributed by atoms with Gasteiger partial charge in [0, 0.05) is 23.4 Å². The SMILES string of the molecule is COc1ccc([N+](=O)[O-])cc1/C=C1\SC(=O)N(CC(=O)Nc2cccc(C)c2)C1=O. The Kier molecular flexibility index (Phi) is 6.17. The summed E-state index contributed by atoms with van der Waals surface area (Å²) in [6, 6.07) is 11.0. The molecular formula is C20H17N3O6S. The summed E-state index contributed by atoms with van der Waals surface area (Å²) in [4.78, 5) is 48.5. The summed E-state index contributed by atoms with van der Waals surface area (Å²) in [6.07, 6.45) is 1.34. The van der Waals surface area contributed by atoms with Crippen molar-refractivity contribution in [3.8, 4) is 5.75 Å². The van der Waals surface area contributed by atoms with Crippen molar-refractivity contribution in [2.24, 2.45) is 0 Å². The van der Waals surface area contributed by atoms with E-state index in [-0.39, 0.29) is 16.2 Å². The molecule has 3 amide bonds. The number of nitrogens with zero attached hydrogens (tertiary/aromatic N) is 2. The summed E-state index contributed by atoms with van der Waals surface area (Å²) in [6.45, 7) is 1.43. The van der Waals surface area contributed by atoms with E-state index >= 15 is 0 Å². The third kappa shape index (κ3) is 4.66. The predicted octanol–water partition coefficient (Wildman–Crippen LogP) is 3.59. The van der Waals surface area contributed by atoms with Crippen molar-refractivity contribution in [3.05, 3.63) is 68.6 Å². The molecule has 9 nitrogen and oxygen atoms in total. The number of nitro benzene ring substituents is 1. The lowest BCUT2D eigenvalue weighted by Crippen LogP contribution is -2.36. The molecule has 0 atom stereocenters. The van der Waals surface area contributed by atoms with E-state index in [1.165, 1.54) is 31.4 Å². The van der Waals surface area contributed by atoms with Gasteiger partial charge in [-0.2, -0.15) is 0 Å². The third-order valence-electron chi connectivity index (χ3n) is 4.19. The van der Waals surface area contributed by atoms with E-state index in [1.807, 2.05) is 13.0 Å². The van der Waals surface area contributed by atoms with Gasteiger partial charge in [-0.1, -0.05) is 12.1 Å². The van der Waals surface area contributed by atoms with Gasteiger partial charge in [0.15, 0.2) is 0 Å². The number of amides is 3. The summed E-state index contributed by atoms with van der Waals surface area (Å²) in [7, 11) is 1.39. The van der Waals surface area contributed by atoms with Gasteiger partial charge in [0.1, 0.15) is 12.3 Å². The maximum Gasteiger partial charge on any atom is 0.294 e. The van der Waals surface area contributed by atoms with E-state index in [0.717, 1.165) is 10.5 Å². The fourth-order valence-electron chi connectivity index (χ4n) is 2.79. The Morgan fingerprint density at radius 3 is 2.70 bits per heavy atom. The first-order valence-corrected chi connectivity index (χ1v) is 9.54. The first kappa shape index (κ1) is 21.1. The molecule has 0 radical (unpaired) electrons. The van der Waals surface area contributed by atoms with Crippen molar-refractivity contribution in [3.63, 3.8) is 0 Å². The van der Waals surface area contributed by atoms with Crippen LogP contribution in [0.25, 0.3) is 6.08 Å². The van der Waals surface area contributed by atoms with Gasteiger partial charge >= 0.3 is 0 Å². The largest absolute Gasteiger partial charge is 0.496 e. The number of ether oxygens (including phenoxy) is 1. The van der Waals surface area contributed by atoms with Crippen LogP contribution >= 0.6 is 11.8 Å². The van der Waals surface area contributed by atoms with E-state index in [2.05, 4.69) is 5.32 Å². The van der Waals surface area contributed by atoms with Crippen LogP contribution in [0.2, 0.25) is 0 Å². The molecule has 1 heterocycles. The van der Waals surface area contributed by atoms with Crippen LogP contribution < -0.4 is 10.1 Å². The number of benzene rings is 2. The van der Waals surface area contributed by atoms with E-state index < -0.39 is 28.5 Å². The highest BCUT2D eigenvalue weighted by Crippen LogP contribution is 2.35. The Morgan fingerprint density at radius 2 is 2.03 bits per heavy atom. The van der Waals surface area contributed by atoms with Gasteiger partial charge in [0.25, 0.3) is 16.8 Å². The van der Waals surface area contributed by atoms with Gasteiger partial charge in [-0.25, -0.2) is 0 Å². The van der Waals surface area contributed by atoms with Crippen molar-refractivity contribution in [1.29, 1.82) is 0 Å². The Morgan fingerprint density at radius 1 is 1.27 bits per heavy atom. The number of nitro groups is 1. The first-order valence-electron chi connectivity index (χ1n) is 8.73. The minimum Gasteiger partial charge on any atom is -0.496 e. The van der Waals surface area contributed by atoms with Crippen LogP contribution in [-0.4, -0.2) is 40.5 Å². The molecule has 0 aliphatic carbocycles. The number of non-ortho nitro benzene ring substituents is 1. The minimum absolute atomic E-state index is 0.0437. The molecular weight excluding hydrogens is 410 g/mol. The molecule has 10 heteroatoms. The molecule has 1 N–H and O–H groups in total.